The van der Waals surface area contributed by atoms with Gasteiger partial charge < -0.3 is 19.3 Å². The molecule has 1 aliphatic carbocycles. The highest BCUT2D eigenvalue weighted by atomic mass is 16.5. The molecule has 3 atom stereocenters. The van der Waals surface area contributed by atoms with Crippen LogP contribution in [0.4, 0.5) is 11.8 Å². The summed E-state index contributed by atoms with van der Waals surface area (Å²) in [4.78, 5) is 16.5. The number of methoxy groups -OCH3 is 1. The lowest BCUT2D eigenvalue weighted by atomic mass is 9.62. The number of hydrogen-bond acceptors (Lipinski definition) is 7. The van der Waals surface area contributed by atoms with Crippen molar-refractivity contribution in [3.05, 3.63) is 12.3 Å². The molecule has 3 heterocycles. The first-order valence-electron chi connectivity index (χ1n) is 10.7. The van der Waals surface area contributed by atoms with E-state index in [1.807, 2.05) is 38.4 Å². The van der Waals surface area contributed by atoms with E-state index in [0.717, 1.165) is 57.8 Å². The van der Waals surface area contributed by atoms with Crippen molar-refractivity contribution >= 4 is 11.8 Å². The molecule has 7 nitrogen and oxygen atoms in total. The fourth-order valence-electron chi connectivity index (χ4n) is 5.47. The predicted molar refractivity (Wildman–Crippen MR) is 111 cm³/mol. The Morgan fingerprint density at radius 2 is 2.07 bits per heavy atom. The molecule has 2 aliphatic heterocycles. The topological polar surface area (TPSA) is 54.0 Å². The number of piperidine rings is 1. The molecule has 156 valence electrons. The summed E-state index contributed by atoms with van der Waals surface area (Å²) in [5, 5.41) is 0. The van der Waals surface area contributed by atoms with Crippen LogP contribution < -0.4 is 9.80 Å². The lowest BCUT2D eigenvalue weighted by Crippen LogP contribution is -2.57. The smallest absolute Gasteiger partial charge is 0.227 e. The Morgan fingerprint density at radius 1 is 1.25 bits per heavy atom. The third-order valence-electron chi connectivity index (χ3n) is 7.01. The number of rotatable bonds is 5. The molecule has 3 fully saturated rings. The normalized spacial score (nSPS) is 31.5. The first-order chi connectivity index (χ1) is 13.6. The maximum Gasteiger partial charge on any atom is 0.227 e. The van der Waals surface area contributed by atoms with Gasteiger partial charge >= 0.3 is 0 Å². The van der Waals surface area contributed by atoms with Crippen LogP contribution in [0.1, 0.15) is 25.7 Å². The predicted octanol–water partition coefficient (Wildman–Crippen LogP) is 1.89. The summed E-state index contributed by atoms with van der Waals surface area (Å²) < 4.78 is 11.3. The summed E-state index contributed by atoms with van der Waals surface area (Å²) in [5.41, 5.74) is 0.216. The molecule has 1 saturated carbocycles. The van der Waals surface area contributed by atoms with Crippen LogP contribution in [0.3, 0.4) is 0 Å². The zero-order valence-corrected chi connectivity index (χ0v) is 17.6. The van der Waals surface area contributed by atoms with Crippen molar-refractivity contribution in [2.75, 3.05) is 77.0 Å². The van der Waals surface area contributed by atoms with Gasteiger partial charge in [-0.25, -0.2) is 4.98 Å². The molecule has 28 heavy (non-hydrogen) atoms. The Hall–Kier alpha value is -1.44. The molecule has 1 aromatic rings. The highest BCUT2D eigenvalue weighted by Gasteiger charge is 2.48. The molecule has 0 N–H and O–H groups in total. The summed E-state index contributed by atoms with van der Waals surface area (Å²) in [6.45, 7) is 6.81. The first-order valence-corrected chi connectivity index (χ1v) is 10.7. The van der Waals surface area contributed by atoms with Gasteiger partial charge in [0.05, 0.1) is 19.8 Å². The number of fused-ring (bicyclic) bond motifs is 1. The minimum atomic E-state index is 0.216. The number of aromatic nitrogens is 2. The van der Waals surface area contributed by atoms with E-state index in [1.54, 1.807) is 0 Å². The fourth-order valence-corrected chi connectivity index (χ4v) is 5.47. The van der Waals surface area contributed by atoms with Crippen molar-refractivity contribution in [3.8, 4) is 0 Å². The summed E-state index contributed by atoms with van der Waals surface area (Å²) in [7, 11) is 5.90. The van der Waals surface area contributed by atoms with Crippen molar-refractivity contribution in [1.82, 2.24) is 14.9 Å². The third kappa shape index (κ3) is 3.98. The van der Waals surface area contributed by atoms with Gasteiger partial charge in [0.2, 0.25) is 5.95 Å². The van der Waals surface area contributed by atoms with Gasteiger partial charge in [0.1, 0.15) is 5.82 Å². The molecule has 0 bridgehead atoms. The maximum absolute atomic E-state index is 5.76. The second kappa shape index (κ2) is 8.51. The van der Waals surface area contributed by atoms with E-state index in [-0.39, 0.29) is 5.41 Å². The number of ether oxygens (including phenoxy) is 2. The first kappa shape index (κ1) is 19.9. The molecule has 0 unspecified atom stereocenters. The van der Waals surface area contributed by atoms with Crippen LogP contribution in [-0.4, -0.2) is 88.1 Å². The van der Waals surface area contributed by atoms with E-state index in [0.29, 0.717) is 12.0 Å². The third-order valence-corrected chi connectivity index (χ3v) is 7.01. The maximum atomic E-state index is 5.76. The van der Waals surface area contributed by atoms with Gasteiger partial charge in [0.25, 0.3) is 0 Å². The van der Waals surface area contributed by atoms with Crippen LogP contribution in [0.15, 0.2) is 12.3 Å². The quantitative estimate of drug-likeness (QED) is 0.762. The molecular weight excluding hydrogens is 354 g/mol. The Morgan fingerprint density at radius 3 is 2.82 bits per heavy atom. The molecule has 1 aromatic heterocycles. The van der Waals surface area contributed by atoms with Crippen molar-refractivity contribution in [3.63, 3.8) is 0 Å². The molecule has 3 aliphatic rings. The van der Waals surface area contributed by atoms with Crippen molar-refractivity contribution < 1.29 is 9.47 Å². The van der Waals surface area contributed by atoms with Gasteiger partial charge in [-0.05, 0) is 37.7 Å². The van der Waals surface area contributed by atoms with Gasteiger partial charge in [-0.1, -0.05) is 0 Å². The Balaban J connectivity index is 1.49. The lowest BCUT2D eigenvalue weighted by molar-refractivity contribution is -0.0541. The van der Waals surface area contributed by atoms with Crippen molar-refractivity contribution in [2.24, 2.45) is 11.3 Å². The summed E-state index contributed by atoms with van der Waals surface area (Å²) >= 11 is 0. The average molecular weight is 390 g/mol. The van der Waals surface area contributed by atoms with Crippen molar-refractivity contribution in [1.29, 1.82) is 0 Å². The van der Waals surface area contributed by atoms with E-state index < -0.39 is 0 Å². The van der Waals surface area contributed by atoms with Crippen LogP contribution in [-0.2, 0) is 9.47 Å². The molecular formula is C21H35N5O2. The average Bonchev–Trinajstić information content (AvgIpc) is 2.74. The van der Waals surface area contributed by atoms with E-state index in [2.05, 4.69) is 14.8 Å². The highest BCUT2D eigenvalue weighted by molar-refractivity contribution is 5.43. The van der Waals surface area contributed by atoms with Crippen LogP contribution >= 0.6 is 0 Å². The summed E-state index contributed by atoms with van der Waals surface area (Å²) in [5.74, 6) is 2.53. The Kier molecular flexibility index (Phi) is 6.04. The SMILES string of the molecule is COC[C@@]12CC[C@@H](N3CCOCC3)C[C@H]1CCN(c1nccc(N(C)C)n1)C2. The molecule has 7 heteroatoms. The van der Waals surface area contributed by atoms with Gasteiger partial charge in [-0.3, -0.25) is 4.90 Å². The van der Waals surface area contributed by atoms with E-state index in [1.165, 1.54) is 25.7 Å². The van der Waals surface area contributed by atoms with Crippen LogP contribution in [0.5, 0.6) is 0 Å². The highest BCUT2D eigenvalue weighted by Crippen LogP contribution is 2.48. The number of morpholine rings is 1. The van der Waals surface area contributed by atoms with E-state index in [4.69, 9.17) is 14.5 Å². The van der Waals surface area contributed by atoms with Gasteiger partial charge in [-0.2, -0.15) is 4.98 Å². The fraction of sp³-hybridized carbons (Fsp3) is 0.810. The number of hydrogen-bond donors (Lipinski definition) is 0. The zero-order chi connectivity index (χ0) is 19.6. The summed E-state index contributed by atoms with van der Waals surface area (Å²) in [6, 6.07) is 2.67. The Labute approximate surface area is 169 Å². The van der Waals surface area contributed by atoms with Crippen molar-refractivity contribution in [2.45, 2.75) is 31.7 Å². The second-order valence-electron chi connectivity index (χ2n) is 8.89. The van der Waals surface area contributed by atoms with E-state index in [9.17, 15) is 0 Å². The van der Waals surface area contributed by atoms with Gasteiger partial charge in [-0.15, -0.1) is 0 Å². The molecule has 0 amide bonds. The largest absolute Gasteiger partial charge is 0.384 e. The monoisotopic (exact) mass is 389 g/mol. The number of anilines is 2. The number of nitrogens with zero attached hydrogens (tertiary/aromatic N) is 5. The standard InChI is InChI=1S/C21H35N5O2/c1-24(2)19-5-8-22-20(23-19)26-9-6-17-14-18(25-10-12-28-13-11-25)4-7-21(17,15-26)16-27-3/h5,8,17-18H,4,6-7,9-16H2,1-3H3/t17-,18-,21+/m1/s1. The van der Waals surface area contributed by atoms with Crippen LogP contribution in [0.2, 0.25) is 0 Å². The van der Waals surface area contributed by atoms with Crippen LogP contribution in [0.25, 0.3) is 0 Å². The minimum absolute atomic E-state index is 0.216. The van der Waals surface area contributed by atoms with E-state index >= 15 is 0 Å². The second-order valence-corrected chi connectivity index (χ2v) is 8.89. The molecule has 2 saturated heterocycles. The Bertz CT molecular complexity index is 651. The zero-order valence-electron chi connectivity index (χ0n) is 17.6. The minimum Gasteiger partial charge on any atom is -0.384 e. The molecule has 0 radical (unpaired) electrons. The molecule has 0 spiro atoms. The van der Waals surface area contributed by atoms with Crippen LogP contribution in [0, 0.1) is 11.3 Å². The summed E-state index contributed by atoms with van der Waals surface area (Å²) in [6.07, 6.45) is 6.83. The molecule has 4 rings (SSSR count). The van der Waals surface area contributed by atoms with Gasteiger partial charge in [0, 0.05) is 65.0 Å². The van der Waals surface area contributed by atoms with Gasteiger partial charge in [0.15, 0.2) is 0 Å². The molecule has 0 aromatic carbocycles. The lowest BCUT2D eigenvalue weighted by Gasteiger charge is -2.54.